The van der Waals surface area contributed by atoms with Gasteiger partial charge in [-0.2, -0.15) is 0 Å². The Morgan fingerprint density at radius 1 is 0.522 bits per heavy atom. The number of hydrogen-bond acceptors (Lipinski definition) is 1. The Bertz CT molecular complexity index is 1980. The van der Waals surface area contributed by atoms with E-state index in [1.165, 1.54) is 54.8 Å². The molecule has 8 heteroatoms. The summed E-state index contributed by atoms with van der Waals surface area (Å²) in [6, 6.07) is 52.4. The number of fused-ring (bicyclic) bond motifs is 4. The SMILES string of the molecule is F[B-](F)(F)F.[CH2][CH][CH2].[Pd+2].c1ccc(P(c2ccccc2)c2ccc3ccccc3c2-c2nc3ccccc3c3ccccc23)cc1. The van der Waals surface area contributed by atoms with Gasteiger partial charge in [-0.25, -0.2) is 4.98 Å². The molecule has 3 radical (unpaired) electrons. The van der Waals surface area contributed by atoms with Crippen LogP contribution in [0, 0.1) is 20.3 Å². The van der Waals surface area contributed by atoms with Gasteiger partial charge in [0.15, 0.2) is 0 Å². The summed E-state index contributed by atoms with van der Waals surface area (Å²) >= 11 is 0. The maximum absolute atomic E-state index is 9.75. The average Bonchev–Trinajstić information content (AvgIpc) is 3.05. The van der Waals surface area contributed by atoms with Crippen molar-refractivity contribution in [2.45, 2.75) is 0 Å². The Morgan fingerprint density at radius 3 is 1.52 bits per heavy atom. The topological polar surface area (TPSA) is 12.9 Å². The first kappa shape index (κ1) is 35.0. The summed E-state index contributed by atoms with van der Waals surface area (Å²) in [4.78, 5) is 5.36. The third-order valence-corrected chi connectivity index (χ3v) is 9.51. The number of halogens is 4. The Labute approximate surface area is 282 Å². The number of nitrogens with zero attached hydrogens (tertiary/aromatic N) is 1. The molecule has 0 saturated carbocycles. The number of benzene rings is 6. The normalized spacial score (nSPS) is 10.9. The standard InChI is InChI=1S/C35H24NP.C3H5.BF4.Pd/c1-3-14-26(15-4-1)37(27-16-5-2-6-17-27)33-24-23-25-13-7-8-18-28(25)34(33)35-31-21-10-9-19-29(31)30-20-11-12-22-32(30)36-35;1-3-2;2-1(3,4)5;/h1-24H;3H,1-2H2;;/q;;-1;+2. The maximum atomic E-state index is 9.75. The first-order chi connectivity index (χ1) is 21.8. The van der Waals surface area contributed by atoms with Crippen molar-refractivity contribution in [3.8, 4) is 11.3 Å². The van der Waals surface area contributed by atoms with Crippen molar-refractivity contribution in [3.63, 3.8) is 0 Å². The van der Waals surface area contributed by atoms with Gasteiger partial charge in [0.2, 0.25) is 0 Å². The van der Waals surface area contributed by atoms with Crippen molar-refractivity contribution in [2.24, 2.45) is 0 Å². The molecule has 6 aromatic carbocycles. The Kier molecular flexibility index (Phi) is 12.2. The largest absolute Gasteiger partial charge is 2.00 e. The van der Waals surface area contributed by atoms with Crippen LogP contribution in [0.2, 0.25) is 0 Å². The van der Waals surface area contributed by atoms with Gasteiger partial charge in [0.1, 0.15) is 0 Å². The molecule has 231 valence electrons. The minimum atomic E-state index is -6.00. The fourth-order valence-electron chi connectivity index (χ4n) is 5.37. The van der Waals surface area contributed by atoms with Gasteiger partial charge >= 0.3 is 27.7 Å². The first-order valence-corrected chi connectivity index (χ1v) is 15.6. The van der Waals surface area contributed by atoms with Crippen LogP contribution in [0.15, 0.2) is 146 Å². The van der Waals surface area contributed by atoms with Crippen LogP contribution < -0.4 is 15.9 Å². The molecule has 7 rings (SSSR count). The Morgan fingerprint density at radius 2 is 0.957 bits per heavy atom. The van der Waals surface area contributed by atoms with Crippen LogP contribution in [-0.4, -0.2) is 12.2 Å². The number of hydrogen-bond donors (Lipinski definition) is 0. The molecular weight excluding hydrogens is 695 g/mol. The summed E-state index contributed by atoms with van der Waals surface area (Å²) in [6.07, 6.45) is 1.50. The summed E-state index contributed by atoms with van der Waals surface area (Å²) < 4.78 is 39.0. The summed E-state index contributed by atoms with van der Waals surface area (Å²) in [5, 5.41) is 10.1. The molecule has 0 aliphatic carbocycles. The second kappa shape index (κ2) is 16.1. The molecule has 0 unspecified atom stereocenters. The van der Waals surface area contributed by atoms with Gasteiger partial charge in [-0.3, -0.25) is 0 Å². The van der Waals surface area contributed by atoms with Gasteiger partial charge in [0.05, 0.1) is 11.2 Å². The van der Waals surface area contributed by atoms with E-state index in [1.54, 1.807) is 0 Å². The second-order valence-corrected chi connectivity index (χ2v) is 12.2. The number of rotatable bonds is 4. The van der Waals surface area contributed by atoms with Gasteiger partial charge < -0.3 is 17.3 Å². The third kappa shape index (κ3) is 8.28. The second-order valence-electron chi connectivity index (χ2n) is 9.99. The molecule has 0 spiro atoms. The Balaban J connectivity index is 0.000000482. The predicted molar refractivity (Wildman–Crippen MR) is 186 cm³/mol. The molecule has 0 N–H and O–H groups in total. The van der Waals surface area contributed by atoms with Crippen LogP contribution in [0.4, 0.5) is 17.3 Å². The Hall–Kier alpha value is -3.87. The van der Waals surface area contributed by atoms with E-state index >= 15 is 0 Å². The van der Waals surface area contributed by atoms with E-state index in [0.717, 1.165) is 11.2 Å². The minimum absolute atomic E-state index is 0. The van der Waals surface area contributed by atoms with E-state index < -0.39 is 15.2 Å². The number of pyridine rings is 1. The van der Waals surface area contributed by atoms with Gasteiger partial charge in [0, 0.05) is 16.3 Å². The van der Waals surface area contributed by atoms with E-state index in [-0.39, 0.29) is 20.4 Å². The number of para-hydroxylation sites is 1. The van der Waals surface area contributed by atoms with Crippen molar-refractivity contribution in [3.05, 3.63) is 166 Å². The van der Waals surface area contributed by atoms with E-state index in [9.17, 15) is 17.3 Å². The van der Waals surface area contributed by atoms with Gasteiger partial charge in [-0.15, -0.1) is 0 Å². The van der Waals surface area contributed by atoms with E-state index in [1.807, 2.05) is 0 Å². The van der Waals surface area contributed by atoms with Crippen LogP contribution in [0.1, 0.15) is 0 Å². The van der Waals surface area contributed by atoms with Crippen molar-refractivity contribution in [1.82, 2.24) is 4.98 Å². The first-order valence-electron chi connectivity index (χ1n) is 14.3. The molecule has 0 aliphatic heterocycles. The van der Waals surface area contributed by atoms with E-state index in [0.29, 0.717) is 0 Å². The molecule has 1 heterocycles. The monoisotopic (exact) mass is 723 g/mol. The molecule has 7 aromatic rings. The van der Waals surface area contributed by atoms with Crippen LogP contribution in [0.25, 0.3) is 43.7 Å². The van der Waals surface area contributed by atoms with Crippen molar-refractivity contribution >= 4 is 63.5 Å². The molecule has 46 heavy (non-hydrogen) atoms. The zero-order chi connectivity index (χ0) is 31.8. The summed E-state index contributed by atoms with van der Waals surface area (Å²) in [6.45, 7) is 6.50. The molecule has 0 saturated heterocycles. The fraction of sp³-hybridized carbons (Fsp3) is 0. The molecule has 0 amide bonds. The van der Waals surface area contributed by atoms with E-state index in [4.69, 9.17) is 4.98 Å². The summed E-state index contributed by atoms with van der Waals surface area (Å²) in [5.41, 5.74) is 3.32. The van der Waals surface area contributed by atoms with Gasteiger partial charge in [0.25, 0.3) is 0 Å². The molecule has 1 aromatic heterocycles. The molecule has 0 fully saturated rings. The van der Waals surface area contributed by atoms with Crippen LogP contribution in [0.5, 0.6) is 0 Å². The van der Waals surface area contributed by atoms with Crippen LogP contribution in [-0.2, 0) is 20.4 Å². The third-order valence-electron chi connectivity index (χ3n) is 7.02. The van der Waals surface area contributed by atoms with Crippen molar-refractivity contribution < 1.29 is 37.7 Å². The molecule has 0 bridgehead atoms. The molecule has 1 nitrogen and oxygen atoms in total. The predicted octanol–water partition coefficient (Wildman–Crippen LogP) is 10.1. The summed E-state index contributed by atoms with van der Waals surface area (Å²) in [5.74, 6) is 0. The van der Waals surface area contributed by atoms with Crippen LogP contribution >= 0.6 is 7.92 Å². The van der Waals surface area contributed by atoms with E-state index in [2.05, 4.69) is 159 Å². The van der Waals surface area contributed by atoms with Crippen LogP contribution in [0.3, 0.4) is 0 Å². The zero-order valence-corrected chi connectivity index (χ0v) is 27.1. The molecule has 0 aliphatic rings. The quantitative estimate of drug-likeness (QED) is 0.0763. The molecular formula is C38H29BF4NPPd+. The zero-order valence-electron chi connectivity index (χ0n) is 24.6. The maximum Gasteiger partial charge on any atom is 2.00 e. The van der Waals surface area contributed by atoms with Gasteiger partial charge in [-0.1, -0.05) is 140 Å². The van der Waals surface area contributed by atoms with Crippen molar-refractivity contribution in [2.75, 3.05) is 0 Å². The minimum Gasteiger partial charge on any atom is -0.418 e. The fourth-order valence-corrected chi connectivity index (χ4v) is 7.84. The van der Waals surface area contributed by atoms with Crippen molar-refractivity contribution in [1.29, 1.82) is 0 Å². The molecule has 0 atom stereocenters. The smallest absolute Gasteiger partial charge is 0.418 e. The summed E-state index contributed by atoms with van der Waals surface area (Å²) in [7, 11) is -6.80. The average molecular weight is 724 g/mol. The number of aromatic nitrogens is 1. The van der Waals surface area contributed by atoms with Gasteiger partial charge in [-0.05, 0) is 66.3 Å².